The fraction of sp³-hybridized carbons (Fsp3) is 0.467. The van der Waals surface area contributed by atoms with Crippen LogP contribution in [0.15, 0.2) is 22.7 Å². The number of ether oxygens (including phenoxy) is 1. The van der Waals surface area contributed by atoms with Crippen LogP contribution in [0.2, 0.25) is 0 Å². The average Bonchev–Trinajstić information content (AvgIpc) is 3.22. The largest absolute Gasteiger partial charge is 0.496 e. The van der Waals surface area contributed by atoms with Gasteiger partial charge in [-0.25, -0.2) is 0 Å². The molecule has 0 atom stereocenters. The molecule has 20 heavy (non-hydrogen) atoms. The molecule has 0 N–H and O–H groups in total. The van der Waals surface area contributed by atoms with Crippen LogP contribution in [0, 0.1) is 0 Å². The summed E-state index contributed by atoms with van der Waals surface area (Å²) in [5, 5.41) is 0. The molecule has 0 bridgehead atoms. The summed E-state index contributed by atoms with van der Waals surface area (Å²) in [6, 6.07) is 5.33. The zero-order chi connectivity index (χ0) is 14.9. The number of methoxy groups -OCH3 is 1. The first-order valence-electron chi connectivity index (χ1n) is 6.66. The van der Waals surface area contributed by atoms with E-state index < -0.39 is 11.7 Å². The minimum atomic E-state index is -0.510. The van der Waals surface area contributed by atoms with Crippen molar-refractivity contribution in [1.29, 1.82) is 0 Å². The molecule has 5 heteroatoms. The van der Waals surface area contributed by atoms with E-state index in [0.29, 0.717) is 11.3 Å². The van der Waals surface area contributed by atoms with Gasteiger partial charge in [-0.05, 0) is 44.9 Å². The quantitative estimate of drug-likeness (QED) is 0.611. The number of halogens is 1. The van der Waals surface area contributed by atoms with Crippen LogP contribution >= 0.6 is 15.9 Å². The lowest BCUT2D eigenvalue weighted by atomic mass is 10.1. The summed E-state index contributed by atoms with van der Waals surface area (Å²) in [6.45, 7) is 3.86. The molecule has 0 unspecified atom stereocenters. The van der Waals surface area contributed by atoms with Gasteiger partial charge in [-0.3, -0.25) is 9.59 Å². The highest BCUT2D eigenvalue weighted by Gasteiger charge is 2.37. The molecule has 2 rings (SSSR count). The van der Waals surface area contributed by atoms with Crippen molar-refractivity contribution >= 4 is 27.6 Å². The van der Waals surface area contributed by atoms with Crippen LogP contribution in [0.4, 0.5) is 0 Å². The molecule has 1 saturated carbocycles. The Bertz CT molecular complexity index is 536. The number of nitrogens with zero attached hydrogens (tertiary/aromatic N) is 1. The highest BCUT2D eigenvalue weighted by Crippen LogP contribution is 2.30. The predicted octanol–water partition coefficient (Wildman–Crippen LogP) is 3.04. The van der Waals surface area contributed by atoms with Crippen LogP contribution in [-0.4, -0.2) is 35.8 Å². The molecular formula is C15H18BrNO3. The van der Waals surface area contributed by atoms with Gasteiger partial charge in [0.15, 0.2) is 0 Å². The number of ketones is 1. The highest BCUT2D eigenvalue weighted by atomic mass is 79.9. The van der Waals surface area contributed by atoms with Crippen LogP contribution in [0.5, 0.6) is 5.75 Å². The second-order valence-electron chi connectivity index (χ2n) is 5.21. The molecule has 0 spiro atoms. The van der Waals surface area contributed by atoms with E-state index in [2.05, 4.69) is 15.9 Å². The van der Waals surface area contributed by atoms with E-state index in [1.807, 2.05) is 13.8 Å². The summed E-state index contributed by atoms with van der Waals surface area (Å²) in [5.74, 6) is -0.534. The number of Topliss-reactive ketones (excluding diaryl/α,β-unsaturated/α-hetero) is 1. The Hall–Kier alpha value is -1.36. The maximum atomic E-state index is 12.5. The molecule has 1 amide bonds. The first-order chi connectivity index (χ1) is 9.45. The SMILES string of the molecule is COc1ccc(Br)cc1C(=O)C(=O)N(C(C)C)C1CC1. The molecule has 1 aromatic carbocycles. The minimum Gasteiger partial charge on any atom is -0.496 e. The topological polar surface area (TPSA) is 46.6 Å². The molecular weight excluding hydrogens is 322 g/mol. The summed E-state index contributed by atoms with van der Waals surface area (Å²) in [5.41, 5.74) is 0.304. The number of rotatable bonds is 5. The number of amides is 1. The highest BCUT2D eigenvalue weighted by molar-refractivity contribution is 9.10. The molecule has 108 valence electrons. The van der Waals surface area contributed by atoms with Gasteiger partial charge in [0.2, 0.25) is 0 Å². The second-order valence-corrected chi connectivity index (χ2v) is 6.13. The fourth-order valence-corrected chi connectivity index (χ4v) is 2.63. The Morgan fingerprint density at radius 3 is 2.50 bits per heavy atom. The normalized spacial score (nSPS) is 14.2. The lowest BCUT2D eigenvalue weighted by Crippen LogP contribution is -2.43. The maximum Gasteiger partial charge on any atom is 0.295 e. The molecule has 1 aliphatic carbocycles. The van der Waals surface area contributed by atoms with Crippen LogP contribution < -0.4 is 4.74 Å². The molecule has 1 aliphatic rings. The van der Waals surface area contributed by atoms with Gasteiger partial charge in [0.1, 0.15) is 5.75 Å². The first kappa shape index (κ1) is 15.0. The standard InChI is InChI=1S/C15H18BrNO3/c1-9(2)17(11-5-6-11)15(19)14(18)12-8-10(16)4-7-13(12)20-3/h4,7-9,11H,5-6H2,1-3H3. The summed E-state index contributed by atoms with van der Waals surface area (Å²) in [6.07, 6.45) is 1.96. The van der Waals surface area contributed by atoms with Crippen LogP contribution in [0.3, 0.4) is 0 Å². The molecule has 0 saturated heterocycles. The number of carbonyl (C=O) groups is 2. The van der Waals surface area contributed by atoms with Crippen molar-refractivity contribution in [2.45, 2.75) is 38.8 Å². The summed E-state index contributed by atoms with van der Waals surface area (Å²) >= 11 is 3.32. The summed E-state index contributed by atoms with van der Waals surface area (Å²) < 4.78 is 5.92. The third kappa shape index (κ3) is 3.03. The molecule has 0 aliphatic heterocycles. The average molecular weight is 340 g/mol. The minimum absolute atomic E-state index is 0.0251. The third-order valence-corrected chi connectivity index (χ3v) is 3.82. The number of hydrogen-bond donors (Lipinski definition) is 0. The molecule has 0 heterocycles. The second kappa shape index (κ2) is 5.95. The Kier molecular flexibility index (Phi) is 4.48. The maximum absolute atomic E-state index is 12.5. The van der Waals surface area contributed by atoms with Gasteiger partial charge in [0.05, 0.1) is 12.7 Å². The molecule has 1 fully saturated rings. The first-order valence-corrected chi connectivity index (χ1v) is 7.45. The zero-order valence-electron chi connectivity index (χ0n) is 11.9. The Balaban J connectivity index is 2.30. The van der Waals surface area contributed by atoms with Gasteiger partial charge in [-0.2, -0.15) is 0 Å². The summed E-state index contributed by atoms with van der Waals surface area (Å²) in [7, 11) is 1.49. The zero-order valence-corrected chi connectivity index (χ0v) is 13.4. The predicted molar refractivity (Wildman–Crippen MR) is 80.0 cm³/mol. The number of benzene rings is 1. The molecule has 0 aromatic heterocycles. The van der Waals surface area contributed by atoms with Crippen molar-refractivity contribution in [2.75, 3.05) is 7.11 Å². The van der Waals surface area contributed by atoms with Gasteiger partial charge in [0, 0.05) is 16.6 Å². The van der Waals surface area contributed by atoms with Gasteiger partial charge in [-0.15, -0.1) is 0 Å². The van der Waals surface area contributed by atoms with Gasteiger partial charge in [-0.1, -0.05) is 15.9 Å². The number of hydrogen-bond acceptors (Lipinski definition) is 3. The van der Waals surface area contributed by atoms with Crippen molar-refractivity contribution in [1.82, 2.24) is 4.90 Å². The van der Waals surface area contributed by atoms with Crippen LogP contribution in [-0.2, 0) is 4.79 Å². The van der Waals surface area contributed by atoms with Gasteiger partial charge >= 0.3 is 0 Å². The van der Waals surface area contributed by atoms with E-state index in [4.69, 9.17) is 4.74 Å². The molecule has 4 nitrogen and oxygen atoms in total. The summed E-state index contributed by atoms with van der Waals surface area (Å²) in [4.78, 5) is 26.6. The van der Waals surface area contributed by atoms with Crippen molar-refractivity contribution in [3.63, 3.8) is 0 Å². The Morgan fingerprint density at radius 2 is 2.00 bits per heavy atom. The van der Waals surface area contributed by atoms with Crippen molar-refractivity contribution in [3.8, 4) is 5.75 Å². The van der Waals surface area contributed by atoms with Crippen LogP contribution in [0.25, 0.3) is 0 Å². The van der Waals surface area contributed by atoms with Crippen molar-refractivity contribution in [2.24, 2.45) is 0 Å². The van der Waals surface area contributed by atoms with Crippen LogP contribution in [0.1, 0.15) is 37.0 Å². The van der Waals surface area contributed by atoms with E-state index in [9.17, 15) is 9.59 Å². The molecule has 1 aromatic rings. The van der Waals surface area contributed by atoms with E-state index >= 15 is 0 Å². The fourth-order valence-electron chi connectivity index (χ4n) is 2.26. The Labute approximate surface area is 127 Å². The van der Waals surface area contributed by atoms with E-state index in [-0.39, 0.29) is 12.1 Å². The monoisotopic (exact) mass is 339 g/mol. The lowest BCUT2D eigenvalue weighted by molar-refractivity contribution is -0.128. The smallest absolute Gasteiger partial charge is 0.295 e. The third-order valence-electron chi connectivity index (χ3n) is 3.33. The van der Waals surface area contributed by atoms with Crippen molar-refractivity contribution < 1.29 is 14.3 Å². The van der Waals surface area contributed by atoms with E-state index in [0.717, 1.165) is 17.3 Å². The van der Waals surface area contributed by atoms with E-state index in [1.165, 1.54) is 7.11 Å². The molecule has 0 radical (unpaired) electrons. The Morgan fingerprint density at radius 1 is 1.35 bits per heavy atom. The van der Waals surface area contributed by atoms with Crippen molar-refractivity contribution in [3.05, 3.63) is 28.2 Å². The lowest BCUT2D eigenvalue weighted by Gasteiger charge is -2.26. The van der Waals surface area contributed by atoms with Gasteiger partial charge < -0.3 is 9.64 Å². The van der Waals surface area contributed by atoms with Gasteiger partial charge in [0.25, 0.3) is 11.7 Å². The number of carbonyl (C=O) groups excluding carboxylic acids is 2. The van der Waals surface area contributed by atoms with E-state index in [1.54, 1.807) is 23.1 Å².